The minimum atomic E-state index is -0.398. The monoisotopic (exact) mass is 188 g/mol. The normalized spacial score (nSPS) is 43.2. The molecule has 0 aromatic carbocycles. The molecular weight excluding hydrogens is 172 g/mol. The van der Waals surface area contributed by atoms with E-state index in [0.717, 1.165) is 44.0 Å². The van der Waals surface area contributed by atoms with E-state index in [2.05, 4.69) is 0 Å². The fourth-order valence-corrected chi connectivity index (χ4v) is 3.43. The van der Waals surface area contributed by atoms with Crippen molar-refractivity contribution in [2.24, 2.45) is 5.92 Å². The van der Waals surface area contributed by atoms with Crippen molar-refractivity contribution < 1.29 is 9.84 Å². The molecule has 0 amide bonds. The van der Waals surface area contributed by atoms with Crippen LogP contribution in [0.4, 0.5) is 0 Å². The summed E-state index contributed by atoms with van der Waals surface area (Å²) >= 11 is 1.87. The van der Waals surface area contributed by atoms with Crippen molar-refractivity contribution >= 4 is 11.8 Å². The Morgan fingerprint density at radius 1 is 1.50 bits per heavy atom. The zero-order valence-electron chi connectivity index (χ0n) is 7.29. The summed E-state index contributed by atoms with van der Waals surface area (Å²) in [4.78, 5) is 0. The Hall–Kier alpha value is 0.270. The van der Waals surface area contributed by atoms with Crippen LogP contribution in [0.1, 0.15) is 19.3 Å². The van der Waals surface area contributed by atoms with Gasteiger partial charge in [0.15, 0.2) is 0 Å². The topological polar surface area (TPSA) is 29.5 Å². The van der Waals surface area contributed by atoms with Crippen molar-refractivity contribution in [2.75, 3.05) is 24.7 Å². The molecule has 2 heterocycles. The lowest BCUT2D eigenvalue weighted by molar-refractivity contribution is -0.0628. The third-order valence-corrected chi connectivity index (χ3v) is 4.15. The van der Waals surface area contributed by atoms with Gasteiger partial charge in [0.05, 0.1) is 12.2 Å². The summed E-state index contributed by atoms with van der Waals surface area (Å²) in [5.41, 5.74) is -0.398. The Kier molecular flexibility index (Phi) is 2.63. The SMILES string of the molecule is OC1(C2CCCOC2)CCSC1. The first-order valence-corrected chi connectivity index (χ1v) is 5.85. The van der Waals surface area contributed by atoms with Crippen LogP contribution in [0.5, 0.6) is 0 Å². The molecule has 2 fully saturated rings. The maximum Gasteiger partial charge on any atom is 0.0795 e. The molecule has 0 radical (unpaired) electrons. The van der Waals surface area contributed by atoms with Crippen molar-refractivity contribution in [3.05, 3.63) is 0 Å². The van der Waals surface area contributed by atoms with Crippen molar-refractivity contribution in [2.45, 2.75) is 24.9 Å². The molecule has 70 valence electrons. The van der Waals surface area contributed by atoms with Gasteiger partial charge in [-0.05, 0) is 25.0 Å². The molecule has 2 rings (SSSR count). The fraction of sp³-hybridized carbons (Fsp3) is 1.00. The van der Waals surface area contributed by atoms with Crippen molar-refractivity contribution in [1.29, 1.82) is 0 Å². The number of rotatable bonds is 1. The molecule has 0 aromatic rings. The van der Waals surface area contributed by atoms with Gasteiger partial charge in [-0.1, -0.05) is 0 Å². The number of ether oxygens (including phenoxy) is 1. The van der Waals surface area contributed by atoms with Crippen LogP contribution in [-0.4, -0.2) is 35.4 Å². The summed E-state index contributed by atoms with van der Waals surface area (Å²) in [6, 6.07) is 0. The van der Waals surface area contributed by atoms with Crippen molar-refractivity contribution in [3.8, 4) is 0 Å². The molecule has 2 atom stereocenters. The zero-order chi connectivity index (χ0) is 8.44. The van der Waals surface area contributed by atoms with E-state index in [0.29, 0.717) is 5.92 Å². The summed E-state index contributed by atoms with van der Waals surface area (Å²) in [6.07, 6.45) is 3.24. The first-order valence-electron chi connectivity index (χ1n) is 4.69. The first kappa shape index (κ1) is 8.85. The lowest BCUT2D eigenvalue weighted by Gasteiger charge is -2.34. The van der Waals surface area contributed by atoms with E-state index in [1.807, 2.05) is 11.8 Å². The quantitative estimate of drug-likeness (QED) is 0.672. The lowest BCUT2D eigenvalue weighted by Crippen LogP contribution is -2.42. The molecule has 2 unspecified atom stereocenters. The van der Waals surface area contributed by atoms with Crippen LogP contribution < -0.4 is 0 Å². The highest BCUT2D eigenvalue weighted by atomic mass is 32.2. The Morgan fingerprint density at radius 2 is 2.42 bits per heavy atom. The maximum absolute atomic E-state index is 10.2. The number of aliphatic hydroxyl groups is 1. The summed E-state index contributed by atoms with van der Waals surface area (Å²) < 4.78 is 5.39. The zero-order valence-corrected chi connectivity index (χ0v) is 8.11. The summed E-state index contributed by atoms with van der Waals surface area (Å²) in [6.45, 7) is 1.66. The molecule has 3 heteroatoms. The number of hydrogen-bond donors (Lipinski definition) is 1. The van der Waals surface area contributed by atoms with E-state index >= 15 is 0 Å². The summed E-state index contributed by atoms with van der Waals surface area (Å²) in [7, 11) is 0. The largest absolute Gasteiger partial charge is 0.389 e. The second-order valence-corrected chi connectivity index (χ2v) is 4.93. The molecule has 0 spiro atoms. The molecule has 2 saturated heterocycles. The van der Waals surface area contributed by atoms with E-state index in [1.165, 1.54) is 0 Å². The standard InChI is InChI=1S/C9H16O2S/c10-9(3-5-12-7-9)8-2-1-4-11-6-8/h8,10H,1-7H2. The molecule has 2 nitrogen and oxygen atoms in total. The second kappa shape index (κ2) is 3.56. The summed E-state index contributed by atoms with van der Waals surface area (Å²) in [5.74, 6) is 2.44. The van der Waals surface area contributed by atoms with Gasteiger partial charge in [0.25, 0.3) is 0 Å². The van der Waals surface area contributed by atoms with Crippen LogP contribution in [0.2, 0.25) is 0 Å². The van der Waals surface area contributed by atoms with E-state index in [4.69, 9.17) is 4.74 Å². The van der Waals surface area contributed by atoms with E-state index in [9.17, 15) is 5.11 Å². The second-order valence-electron chi connectivity index (χ2n) is 3.82. The van der Waals surface area contributed by atoms with Crippen LogP contribution in [0, 0.1) is 5.92 Å². The third kappa shape index (κ3) is 1.63. The molecule has 0 aromatic heterocycles. The molecule has 1 N–H and O–H groups in total. The number of thioether (sulfide) groups is 1. The third-order valence-electron chi connectivity index (χ3n) is 2.95. The van der Waals surface area contributed by atoms with Gasteiger partial charge in [0.1, 0.15) is 0 Å². The Balaban J connectivity index is 1.96. The maximum atomic E-state index is 10.2. The molecule has 12 heavy (non-hydrogen) atoms. The van der Waals surface area contributed by atoms with Gasteiger partial charge in [-0.2, -0.15) is 11.8 Å². The molecule has 2 aliphatic rings. The predicted molar refractivity (Wildman–Crippen MR) is 50.4 cm³/mol. The fourth-order valence-electron chi connectivity index (χ4n) is 2.06. The Labute approximate surface area is 77.7 Å². The smallest absolute Gasteiger partial charge is 0.0795 e. The highest BCUT2D eigenvalue weighted by molar-refractivity contribution is 7.99. The van der Waals surface area contributed by atoms with Gasteiger partial charge >= 0.3 is 0 Å². The van der Waals surface area contributed by atoms with Crippen LogP contribution >= 0.6 is 11.8 Å². The van der Waals surface area contributed by atoms with Crippen LogP contribution in [0.25, 0.3) is 0 Å². The van der Waals surface area contributed by atoms with Gasteiger partial charge in [0.2, 0.25) is 0 Å². The van der Waals surface area contributed by atoms with E-state index < -0.39 is 5.60 Å². The first-order chi connectivity index (χ1) is 5.81. The minimum Gasteiger partial charge on any atom is -0.389 e. The van der Waals surface area contributed by atoms with Gasteiger partial charge in [0, 0.05) is 18.3 Å². The lowest BCUT2D eigenvalue weighted by atomic mass is 9.83. The van der Waals surface area contributed by atoms with Gasteiger partial charge in [-0.3, -0.25) is 0 Å². The molecule has 0 saturated carbocycles. The average molecular weight is 188 g/mol. The van der Waals surface area contributed by atoms with Gasteiger partial charge in [-0.25, -0.2) is 0 Å². The predicted octanol–water partition coefficient (Wildman–Crippen LogP) is 1.28. The molecular formula is C9H16O2S. The summed E-state index contributed by atoms with van der Waals surface area (Å²) in [5, 5.41) is 10.2. The number of hydrogen-bond acceptors (Lipinski definition) is 3. The van der Waals surface area contributed by atoms with Crippen molar-refractivity contribution in [3.63, 3.8) is 0 Å². The molecule has 0 aliphatic carbocycles. The van der Waals surface area contributed by atoms with E-state index in [1.54, 1.807) is 0 Å². The van der Waals surface area contributed by atoms with Crippen molar-refractivity contribution in [1.82, 2.24) is 0 Å². The minimum absolute atomic E-state index is 0.398. The van der Waals surface area contributed by atoms with Gasteiger partial charge < -0.3 is 9.84 Å². The van der Waals surface area contributed by atoms with Crippen LogP contribution in [0.3, 0.4) is 0 Å². The van der Waals surface area contributed by atoms with Crippen LogP contribution in [0.15, 0.2) is 0 Å². The highest BCUT2D eigenvalue weighted by Gasteiger charge is 2.40. The highest BCUT2D eigenvalue weighted by Crippen LogP contribution is 2.37. The molecule has 2 aliphatic heterocycles. The Morgan fingerprint density at radius 3 is 3.00 bits per heavy atom. The van der Waals surface area contributed by atoms with Crippen LogP contribution in [-0.2, 0) is 4.74 Å². The van der Waals surface area contributed by atoms with Gasteiger partial charge in [-0.15, -0.1) is 0 Å². The average Bonchev–Trinajstić information content (AvgIpc) is 2.55. The van der Waals surface area contributed by atoms with E-state index in [-0.39, 0.29) is 0 Å². The Bertz CT molecular complexity index is 149. The molecule has 0 bridgehead atoms.